The number of carbonyl (C=O) groups is 1. The average molecular weight is 183 g/mol. The first-order chi connectivity index (χ1) is 5.66. The molecule has 0 aliphatic carbocycles. The lowest BCUT2D eigenvalue weighted by atomic mass is 10.2. The highest BCUT2D eigenvalue weighted by molar-refractivity contribution is 5.45. The Morgan fingerprint density at radius 2 is 1.54 bits per heavy atom. The summed E-state index contributed by atoms with van der Waals surface area (Å²) in [7, 11) is 3.38. The van der Waals surface area contributed by atoms with E-state index < -0.39 is 0 Å². The van der Waals surface area contributed by atoms with Gasteiger partial charge in [0.05, 0.1) is 0 Å². The van der Waals surface area contributed by atoms with Gasteiger partial charge in [-0.05, 0) is 6.92 Å². The molecule has 0 spiro atoms. The minimum absolute atomic E-state index is 0. The summed E-state index contributed by atoms with van der Waals surface area (Å²) in [6.45, 7) is 2.08. The Kier molecular flexibility index (Phi) is 9.54. The van der Waals surface area contributed by atoms with Gasteiger partial charge in [0.15, 0.2) is 0 Å². The van der Waals surface area contributed by atoms with Crippen molar-refractivity contribution in [2.24, 2.45) is 0 Å². The molecule has 0 saturated heterocycles. The fraction of sp³-hybridized carbons (Fsp3) is 0.300. The number of hydrogen-bond acceptors (Lipinski definition) is 1. The van der Waals surface area contributed by atoms with Crippen LogP contribution >= 0.6 is 0 Å². The molecular formula is C10H17NO2. The van der Waals surface area contributed by atoms with Gasteiger partial charge in [-0.3, -0.25) is 4.79 Å². The maximum Gasteiger partial charge on any atom is 0.209 e. The molecule has 0 unspecified atom stereocenters. The average Bonchev–Trinajstić information content (AvgIpc) is 2.07. The Morgan fingerprint density at radius 3 is 1.69 bits per heavy atom. The van der Waals surface area contributed by atoms with E-state index >= 15 is 0 Å². The summed E-state index contributed by atoms with van der Waals surface area (Å²) in [5.74, 6) is 0. The maximum absolute atomic E-state index is 9.43. The monoisotopic (exact) mass is 183 g/mol. The van der Waals surface area contributed by atoms with Crippen molar-refractivity contribution in [1.29, 1.82) is 0 Å². The molecule has 0 aliphatic heterocycles. The van der Waals surface area contributed by atoms with E-state index in [1.807, 2.05) is 18.2 Å². The zero-order chi connectivity index (χ0) is 9.40. The minimum Gasteiger partial charge on any atom is -0.412 e. The van der Waals surface area contributed by atoms with Crippen LogP contribution in [0.4, 0.5) is 0 Å². The summed E-state index contributed by atoms with van der Waals surface area (Å²) in [6.07, 6.45) is 0.750. The van der Waals surface area contributed by atoms with Gasteiger partial charge in [-0.2, -0.15) is 0 Å². The van der Waals surface area contributed by atoms with Crippen molar-refractivity contribution >= 4 is 6.41 Å². The van der Waals surface area contributed by atoms with Crippen LogP contribution < -0.4 is 0 Å². The molecule has 0 radical (unpaired) electrons. The second-order valence-electron chi connectivity index (χ2n) is 2.72. The van der Waals surface area contributed by atoms with E-state index in [1.54, 1.807) is 14.1 Å². The van der Waals surface area contributed by atoms with Gasteiger partial charge >= 0.3 is 0 Å². The van der Waals surface area contributed by atoms with Crippen molar-refractivity contribution in [3.63, 3.8) is 0 Å². The van der Waals surface area contributed by atoms with Crippen LogP contribution in [0.25, 0.3) is 0 Å². The smallest absolute Gasteiger partial charge is 0.209 e. The van der Waals surface area contributed by atoms with E-state index in [4.69, 9.17) is 0 Å². The van der Waals surface area contributed by atoms with E-state index in [-0.39, 0.29) is 5.48 Å². The molecule has 0 heterocycles. The molecule has 1 amide bonds. The largest absolute Gasteiger partial charge is 0.412 e. The molecule has 1 aromatic rings. The van der Waals surface area contributed by atoms with Crippen LogP contribution in [0.3, 0.4) is 0 Å². The van der Waals surface area contributed by atoms with Crippen molar-refractivity contribution in [3.8, 4) is 0 Å². The van der Waals surface area contributed by atoms with E-state index in [0.29, 0.717) is 0 Å². The molecular weight excluding hydrogens is 166 g/mol. The van der Waals surface area contributed by atoms with Crippen molar-refractivity contribution in [2.75, 3.05) is 14.1 Å². The number of rotatable bonds is 1. The predicted octanol–water partition coefficient (Wildman–Crippen LogP) is 0.875. The van der Waals surface area contributed by atoms with Gasteiger partial charge in [0.1, 0.15) is 0 Å². The van der Waals surface area contributed by atoms with Crippen molar-refractivity contribution in [3.05, 3.63) is 35.9 Å². The minimum atomic E-state index is 0. The zero-order valence-electron chi connectivity index (χ0n) is 8.32. The Bertz CT molecular complexity index is 209. The van der Waals surface area contributed by atoms with Crippen LogP contribution in [0.5, 0.6) is 0 Å². The number of hydrogen-bond donors (Lipinski definition) is 0. The molecule has 13 heavy (non-hydrogen) atoms. The topological polar surface area (TPSA) is 51.8 Å². The predicted molar refractivity (Wildman–Crippen MR) is 54.5 cm³/mol. The van der Waals surface area contributed by atoms with Crippen LogP contribution in [0.2, 0.25) is 0 Å². The highest BCUT2D eigenvalue weighted by atomic mass is 16.1. The summed E-state index contributed by atoms with van der Waals surface area (Å²) in [5.41, 5.74) is 1.32. The third-order valence-electron chi connectivity index (χ3n) is 1.15. The zero-order valence-corrected chi connectivity index (χ0v) is 8.32. The van der Waals surface area contributed by atoms with Crippen molar-refractivity contribution in [2.45, 2.75) is 6.92 Å². The van der Waals surface area contributed by atoms with Crippen LogP contribution in [0.1, 0.15) is 5.56 Å². The summed E-state index contributed by atoms with van der Waals surface area (Å²) >= 11 is 0. The normalized spacial score (nSPS) is 7.31. The Balaban J connectivity index is 0. The molecule has 2 N–H and O–H groups in total. The molecule has 74 valence electrons. The standard InChI is InChI=1S/C7H8.C3H7NO.H2O/c1-7-5-3-2-4-6-7;1-4(2)3-5;/h2-6H,1H3;3H,1-2H3;1H2. The highest BCUT2D eigenvalue weighted by Crippen LogP contribution is 1.92. The van der Waals surface area contributed by atoms with Gasteiger partial charge in [0.25, 0.3) is 0 Å². The highest BCUT2D eigenvalue weighted by Gasteiger charge is 1.72. The maximum atomic E-state index is 9.43. The van der Waals surface area contributed by atoms with E-state index in [9.17, 15) is 4.79 Å². The van der Waals surface area contributed by atoms with Gasteiger partial charge in [-0.25, -0.2) is 0 Å². The summed E-state index contributed by atoms with van der Waals surface area (Å²) in [5, 5.41) is 0. The lowest BCUT2D eigenvalue weighted by Gasteiger charge is -1.93. The number of carbonyl (C=O) groups excluding carboxylic acids is 1. The Hall–Kier alpha value is -1.35. The molecule has 0 bridgehead atoms. The molecule has 3 nitrogen and oxygen atoms in total. The lowest BCUT2D eigenvalue weighted by molar-refractivity contribution is -0.115. The Morgan fingerprint density at radius 1 is 1.15 bits per heavy atom. The summed E-state index contributed by atoms with van der Waals surface area (Å²) in [4.78, 5) is 10.9. The van der Waals surface area contributed by atoms with Gasteiger partial charge < -0.3 is 10.4 Å². The van der Waals surface area contributed by atoms with Crippen molar-refractivity contribution < 1.29 is 10.3 Å². The molecule has 3 heteroatoms. The number of amides is 1. The second kappa shape index (κ2) is 8.74. The number of nitrogens with zero attached hydrogens (tertiary/aromatic N) is 1. The molecule has 1 aromatic carbocycles. The molecule has 0 aromatic heterocycles. The third kappa shape index (κ3) is 10.7. The van der Waals surface area contributed by atoms with E-state index in [0.717, 1.165) is 6.41 Å². The molecule has 0 atom stereocenters. The molecule has 0 fully saturated rings. The number of benzene rings is 1. The van der Waals surface area contributed by atoms with Crippen molar-refractivity contribution in [1.82, 2.24) is 4.90 Å². The number of aryl methyl sites for hydroxylation is 1. The lowest BCUT2D eigenvalue weighted by Crippen LogP contribution is -2.06. The molecule has 0 aliphatic rings. The fourth-order valence-corrected chi connectivity index (χ4v) is 0.534. The van der Waals surface area contributed by atoms with Crippen LogP contribution in [0.15, 0.2) is 30.3 Å². The van der Waals surface area contributed by atoms with E-state index in [1.165, 1.54) is 10.5 Å². The SMILES string of the molecule is CN(C)C=O.Cc1ccccc1.O. The third-order valence-corrected chi connectivity index (χ3v) is 1.15. The van der Waals surface area contributed by atoms with Crippen LogP contribution in [-0.4, -0.2) is 30.9 Å². The first-order valence-corrected chi connectivity index (χ1v) is 3.80. The van der Waals surface area contributed by atoms with E-state index in [2.05, 4.69) is 19.1 Å². The Labute approximate surface area is 79.3 Å². The van der Waals surface area contributed by atoms with Gasteiger partial charge in [0.2, 0.25) is 6.41 Å². The summed E-state index contributed by atoms with van der Waals surface area (Å²) < 4.78 is 0. The summed E-state index contributed by atoms with van der Waals surface area (Å²) in [6, 6.07) is 10.3. The van der Waals surface area contributed by atoms with Gasteiger partial charge in [0, 0.05) is 14.1 Å². The van der Waals surface area contributed by atoms with Gasteiger partial charge in [-0.15, -0.1) is 0 Å². The molecule has 0 saturated carbocycles. The quantitative estimate of drug-likeness (QED) is 0.596. The fourth-order valence-electron chi connectivity index (χ4n) is 0.534. The van der Waals surface area contributed by atoms with Gasteiger partial charge in [-0.1, -0.05) is 35.9 Å². The van der Waals surface area contributed by atoms with Crippen LogP contribution in [-0.2, 0) is 4.79 Å². The molecule has 1 rings (SSSR count). The first kappa shape index (κ1) is 14.2. The first-order valence-electron chi connectivity index (χ1n) is 3.80. The van der Waals surface area contributed by atoms with Crippen LogP contribution in [0, 0.1) is 6.92 Å². The second-order valence-corrected chi connectivity index (χ2v) is 2.72.